The Morgan fingerprint density at radius 1 is 1.19 bits per heavy atom. The zero-order valence-electron chi connectivity index (χ0n) is 15.6. The van der Waals surface area contributed by atoms with Crippen LogP contribution >= 0.6 is 0 Å². The number of carbonyl (C=O) groups is 1. The van der Waals surface area contributed by atoms with Crippen molar-refractivity contribution in [2.24, 2.45) is 0 Å². The van der Waals surface area contributed by atoms with Crippen LogP contribution in [-0.2, 0) is 14.6 Å². The number of piperidine rings is 1. The smallest absolute Gasteiger partial charge is 0.410 e. The van der Waals surface area contributed by atoms with E-state index in [2.05, 4.69) is 4.98 Å². The van der Waals surface area contributed by atoms with Crippen molar-refractivity contribution >= 4 is 27.0 Å². The third-order valence-corrected chi connectivity index (χ3v) is 5.33. The van der Waals surface area contributed by atoms with Gasteiger partial charge in [0, 0.05) is 25.4 Å². The third kappa shape index (κ3) is 3.85. The minimum atomic E-state index is -3.45. The molecule has 2 aromatic rings. The summed E-state index contributed by atoms with van der Waals surface area (Å²) in [6.45, 7) is 6.57. The molecule has 0 aliphatic carbocycles. The van der Waals surface area contributed by atoms with Crippen molar-refractivity contribution in [1.82, 2.24) is 14.5 Å². The SMILES string of the molecule is CC(C)(C)OC(=O)N1CCC(n2c(S(C)(=O)=O)nc3ccccc32)CC1. The standard InChI is InChI=1S/C18H25N3O4S/c1-18(2,3)25-17(22)20-11-9-13(10-12-20)21-15-8-6-5-7-14(15)19-16(21)26(4,23)24/h5-8,13H,9-12H2,1-4H3. The summed E-state index contributed by atoms with van der Waals surface area (Å²) in [5, 5.41) is 0.0921. The molecule has 1 amide bonds. The molecule has 26 heavy (non-hydrogen) atoms. The van der Waals surface area contributed by atoms with E-state index in [0.29, 0.717) is 31.4 Å². The Labute approximate surface area is 153 Å². The number of carbonyl (C=O) groups excluding carboxylic acids is 1. The lowest BCUT2D eigenvalue weighted by Crippen LogP contribution is -2.42. The number of benzene rings is 1. The van der Waals surface area contributed by atoms with Crippen molar-refractivity contribution in [2.75, 3.05) is 19.3 Å². The first-order valence-corrected chi connectivity index (χ1v) is 10.6. The second-order valence-electron chi connectivity index (χ2n) is 7.72. The Balaban J connectivity index is 1.85. The van der Waals surface area contributed by atoms with Crippen molar-refractivity contribution in [3.8, 4) is 0 Å². The van der Waals surface area contributed by atoms with E-state index in [9.17, 15) is 13.2 Å². The number of hydrogen-bond donors (Lipinski definition) is 0. The van der Waals surface area contributed by atoms with E-state index in [0.717, 1.165) is 5.52 Å². The highest BCUT2D eigenvalue weighted by molar-refractivity contribution is 7.90. The number of nitrogens with zero attached hydrogens (tertiary/aromatic N) is 3. The summed E-state index contributed by atoms with van der Waals surface area (Å²) in [5.41, 5.74) is 0.948. The molecule has 1 fully saturated rings. The van der Waals surface area contributed by atoms with Crippen LogP contribution in [0.25, 0.3) is 11.0 Å². The molecular formula is C18H25N3O4S. The normalized spacial score (nSPS) is 16.8. The highest BCUT2D eigenvalue weighted by Crippen LogP contribution is 2.31. The van der Waals surface area contributed by atoms with E-state index >= 15 is 0 Å². The highest BCUT2D eigenvalue weighted by atomic mass is 32.2. The largest absolute Gasteiger partial charge is 0.444 e. The van der Waals surface area contributed by atoms with Crippen LogP contribution in [0.3, 0.4) is 0 Å². The lowest BCUT2D eigenvalue weighted by Gasteiger charge is -2.34. The summed E-state index contributed by atoms with van der Waals surface area (Å²) in [7, 11) is -3.45. The van der Waals surface area contributed by atoms with Gasteiger partial charge >= 0.3 is 6.09 Å². The summed E-state index contributed by atoms with van der Waals surface area (Å²) in [6.07, 6.45) is 2.17. The molecule has 1 aliphatic heterocycles. The Bertz CT molecular complexity index is 920. The number of hydrogen-bond acceptors (Lipinski definition) is 5. The van der Waals surface area contributed by atoms with E-state index in [1.807, 2.05) is 49.6 Å². The van der Waals surface area contributed by atoms with Gasteiger partial charge in [0.2, 0.25) is 15.0 Å². The fourth-order valence-electron chi connectivity index (χ4n) is 3.27. The van der Waals surface area contributed by atoms with Crippen molar-refractivity contribution in [1.29, 1.82) is 0 Å². The van der Waals surface area contributed by atoms with Gasteiger partial charge in [-0.2, -0.15) is 0 Å². The molecule has 1 aromatic heterocycles. The van der Waals surface area contributed by atoms with Crippen LogP contribution in [0, 0.1) is 0 Å². The second-order valence-corrected chi connectivity index (χ2v) is 9.63. The minimum absolute atomic E-state index is 0.0224. The molecule has 7 nitrogen and oxygen atoms in total. The summed E-state index contributed by atoms with van der Waals surface area (Å²) in [5.74, 6) is 0. The first kappa shape index (κ1) is 18.7. The quantitative estimate of drug-likeness (QED) is 0.801. The number of imidazole rings is 1. The zero-order chi connectivity index (χ0) is 19.1. The van der Waals surface area contributed by atoms with Crippen LogP contribution in [0.1, 0.15) is 39.7 Å². The molecule has 0 unspecified atom stereocenters. The molecule has 0 radical (unpaired) electrons. The van der Waals surface area contributed by atoms with Crippen LogP contribution in [0.2, 0.25) is 0 Å². The van der Waals surface area contributed by atoms with Gasteiger partial charge in [-0.1, -0.05) is 12.1 Å². The maximum atomic E-state index is 12.2. The van der Waals surface area contributed by atoms with E-state index in [1.54, 1.807) is 4.90 Å². The number of likely N-dealkylation sites (tertiary alicyclic amines) is 1. The fraction of sp³-hybridized carbons (Fsp3) is 0.556. The van der Waals surface area contributed by atoms with Crippen LogP contribution in [0.15, 0.2) is 29.4 Å². The maximum Gasteiger partial charge on any atom is 0.410 e. The van der Waals surface area contributed by atoms with Gasteiger partial charge < -0.3 is 14.2 Å². The highest BCUT2D eigenvalue weighted by Gasteiger charge is 2.31. The van der Waals surface area contributed by atoms with Gasteiger partial charge in [-0.25, -0.2) is 18.2 Å². The molecule has 0 saturated carbocycles. The first-order valence-electron chi connectivity index (χ1n) is 8.71. The average Bonchev–Trinajstić information content (AvgIpc) is 2.93. The second kappa shape index (κ2) is 6.57. The average molecular weight is 379 g/mol. The predicted molar refractivity (Wildman–Crippen MR) is 98.9 cm³/mol. The van der Waals surface area contributed by atoms with Gasteiger partial charge in [-0.3, -0.25) is 0 Å². The van der Waals surface area contributed by atoms with Crippen LogP contribution < -0.4 is 0 Å². The van der Waals surface area contributed by atoms with E-state index in [4.69, 9.17) is 4.74 Å². The van der Waals surface area contributed by atoms with Crippen molar-refractivity contribution in [3.63, 3.8) is 0 Å². The number of para-hydroxylation sites is 2. The molecule has 0 N–H and O–H groups in total. The Kier molecular flexibility index (Phi) is 4.72. The lowest BCUT2D eigenvalue weighted by atomic mass is 10.0. The van der Waals surface area contributed by atoms with E-state index in [1.165, 1.54) is 6.26 Å². The van der Waals surface area contributed by atoms with Crippen LogP contribution in [0.5, 0.6) is 0 Å². The number of rotatable bonds is 2. The molecule has 0 atom stereocenters. The summed E-state index contributed by atoms with van der Waals surface area (Å²) >= 11 is 0. The number of ether oxygens (including phenoxy) is 1. The topological polar surface area (TPSA) is 81.5 Å². The van der Waals surface area contributed by atoms with Crippen LogP contribution in [-0.4, -0.2) is 53.9 Å². The zero-order valence-corrected chi connectivity index (χ0v) is 16.4. The first-order chi connectivity index (χ1) is 12.1. The van der Waals surface area contributed by atoms with Gasteiger partial charge in [0.25, 0.3) is 0 Å². The number of aromatic nitrogens is 2. The Hall–Kier alpha value is -2.09. The van der Waals surface area contributed by atoms with E-state index in [-0.39, 0.29) is 17.3 Å². The summed E-state index contributed by atoms with van der Waals surface area (Å²) < 4.78 is 31.7. The van der Waals surface area contributed by atoms with Crippen LogP contribution in [0.4, 0.5) is 4.79 Å². The molecule has 8 heteroatoms. The molecule has 1 aromatic carbocycles. The molecule has 1 aliphatic rings. The molecule has 2 heterocycles. The Morgan fingerprint density at radius 2 is 1.81 bits per heavy atom. The van der Waals surface area contributed by atoms with Gasteiger partial charge in [-0.15, -0.1) is 0 Å². The lowest BCUT2D eigenvalue weighted by molar-refractivity contribution is 0.0187. The van der Waals surface area contributed by atoms with Crippen molar-refractivity contribution in [3.05, 3.63) is 24.3 Å². The van der Waals surface area contributed by atoms with Crippen molar-refractivity contribution in [2.45, 2.75) is 50.4 Å². The molecule has 0 spiro atoms. The van der Waals surface area contributed by atoms with E-state index < -0.39 is 15.4 Å². The van der Waals surface area contributed by atoms with Gasteiger partial charge in [0.15, 0.2) is 0 Å². The number of amides is 1. The molecule has 1 saturated heterocycles. The number of sulfone groups is 1. The summed E-state index contributed by atoms with van der Waals surface area (Å²) in [4.78, 5) is 18.2. The van der Waals surface area contributed by atoms with Gasteiger partial charge in [0.1, 0.15) is 5.60 Å². The molecular weight excluding hydrogens is 354 g/mol. The Morgan fingerprint density at radius 3 is 2.38 bits per heavy atom. The molecule has 142 valence electrons. The minimum Gasteiger partial charge on any atom is -0.444 e. The monoisotopic (exact) mass is 379 g/mol. The van der Waals surface area contributed by atoms with Gasteiger partial charge in [0.05, 0.1) is 11.0 Å². The van der Waals surface area contributed by atoms with Crippen molar-refractivity contribution < 1.29 is 17.9 Å². The predicted octanol–water partition coefficient (Wildman–Crippen LogP) is 3.01. The summed E-state index contributed by atoms with van der Waals surface area (Å²) in [6, 6.07) is 7.40. The van der Waals surface area contributed by atoms with Gasteiger partial charge in [-0.05, 0) is 45.7 Å². The molecule has 3 rings (SSSR count). The molecule has 0 bridgehead atoms. The third-order valence-electron chi connectivity index (χ3n) is 4.38. The fourth-order valence-corrected chi connectivity index (χ4v) is 4.14. The maximum absolute atomic E-state index is 12.2. The number of fused-ring (bicyclic) bond motifs is 1.